The van der Waals surface area contributed by atoms with Crippen LogP contribution in [0.1, 0.15) is 39.0 Å². The lowest BCUT2D eigenvalue weighted by atomic mass is 10.0. The van der Waals surface area contributed by atoms with Crippen LogP contribution in [0.4, 0.5) is 22.0 Å². The first-order valence-corrected chi connectivity index (χ1v) is 9.88. The van der Waals surface area contributed by atoms with Crippen molar-refractivity contribution < 1.29 is 14.7 Å². The van der Waals surface area contributed by atoms with Crippen LogP contribution in [0.3, 0.4) is 0 Å². The van der Waals surface area contributed by atoms with E-state index >= 15 is 0 Å². The maximum atomic E-state index is 13.0. The Labute approximate surface area is 168 Å². The Balaban J connectivity index is 1.84. The predicted molar refractivity (Wildman–Crippen MR) is 109 cm³/mol. The van der Waals surface area contributed by atoms with E-state index in [4.69, 9.17) is 10.1 Å². The summed E-state index contributed by atoms with van der Waals surface area (Å²) >= 11 is 0. The Morgan fingerprint density at radius 3 is 2.76 bits per heavy atom. The number of carbonyl (C=O) groups is 2. The molecule has 1 aliphatic heterocycles. The Morgan fingerprint density at radius 1 is 1.31 bits per heavy atom. The molecule has 2 N–H and O–H groups in total. The molecule has 152 valence electrons. The lowest BCUT2D eigenvalue weighted by Gasteiger charge is -2.43. The van der Waals surface area contributed by atoms with Gasteiger partial charge in [0.2, 0.25) is 5.91 Å². The van der Waals surface area contributed by atoms with Crippen LogP contribution in [0.2, 0.25) is 0 Å². The summed E-state index contributed by atoms with van der Waals surface area (Å²) in [6.07, 6.45) is 8.53. The molecule has 0 saturated heterocycles. The summed E-state index contributed by atoms with van der Waals surface area (Å²) in [5, 5.41) is 11.5. The number of hydrogen-bond acceptors (Lipinski definition) is 6. The number of nitrogens with zero attached hydrogens (tertiary/aromatic N) is 5. The molecule has 0 bridgehead atoms. The summed E-state index contributed by atoms with van der Waals surface area (Å²) in [6.45, 7) is 2.02. The van der Waals surface area contributed by atoms with Gasteiger partial charge in [-0.05, 0) is 25.3 Å². The fraction of sp³-hybridized carbons (Fsp3) is 0.450. The van der Waals surface area contributed by atoms with E-state index in [0.29, 0.717) is 29.2 Å². The quantitative estimate of drug-likeness (QED) is 0.816. The maximum Gasteiger partial charge on any atom is 0.409 e. The van der Waals surface area contributed by atoms with Crippen LogP contribution in [0.15, 0.2) is 24.7 Å². The third kappa shape index (κ3) is 3.37. The largest absolute Gasteiger partial charge is 0.465 e. The van der Waals surface area contributed by atoms with Crippen molar-refractivity contribution in [2.75, 3.05) is 22.2 Å². The number of amides is 2. The molecule has 29 heavy (non-hydrogen) atoms. The normalized spacial score (nSPS) is 19.4. The van der Waals surface area contributed by atoms with E-state index < -0.39 is 6.09 Å². The minimum Gasteiger partial charge on any atom is -0.465 e. The molecule has 0 radical (unpaired) electrons. The van der Waals surface area contributed by atoms with Crippen LogP contribution in [0, 0.1) is 0 Å². The summed E-state index contributed by atoms with van der Waals surface area (Å²) in [4.78, 5) is 41.1. The highest BCUT2D eigenvalue weighted by atomic mass is 16.4. The van der Waals surface area contributed by atoms with Crippen LogP contribution in [-0.4, -0.2) is 51.2 Å². The first kappa shape index (κ1) is 19.1. The van der Waals surface area contributed by atoms with Gasteiger partial charge in [-0.1, -0.05) is 19.8 Å². The lowest BCUT2D eigenvalue weighted by molar-refractivity contribution is -0.120. The Morgan fingerprint density at radius 2 is 2.07 bits per heavy atom. The van der Waals surface area contributed by atoms with Gasteiger partial charge in [-0.25, -0.2) is 14.8 Å². The van der Waals surface area contributed by atoms with Gasteiger partial charge in [0.1, 0.15) is 11.7 Å². The van der Waals surface area contributed by atoms with Gasteiger partial charge in [-0.2, -0.15) is 0 Å². The fourth-order valence-corrected chi connectivity index (χ4v) is 4.32. The van der Waals surface area contributed by atoms with E-state index in [2.05, 4.69) is 20.2 Å². The lowest BCUT2D eigenvalue weighted by Crippen LogP contribution is -2.55. The van der Waals surface area contributed by atoms with Crippen LogP contribution in [0.5, 0.6) is 0 Å². The minimum atomic E-state index is -1.18. The molecule has 0 unspecified atom stereocenters. The van der Waals surface area contributed by atoms with Gasteiger partial charge < -0.3 is 14.9 Å². The van der Waals surface area contributed by atoms with Gasteiger partial charge in [0.25, 0.3) is 0 Å². The van der Waals surface area contributed by atoms with Crippen LogP contribution in [0.25, 0.3) is 11.4 Å². The zero-order valence-corrected chi connectivity index (χ0v) is 16.5. The van der Waals surface area contributed by atoms with Gasteiger partial charge in [-0.15, -0.1) is 0 Å². The number of anilines is 3. The van der Waals surface area contributed by atoms with Gasteiger partial charge >= 0.3 is 6.09 Å². The standard InChI is InChI=1S/C20H24N6O3/c1-3-15-19(27)25(2)16-11-22-17(13-8-9-21-10-14(13)23-20(28)29)24-18(16)26(15)12-6-4-5-7-12/h8-12,15,23H,3-7H2,1-2H3,(H,28,29)/t15-/m1/s1. The number of nitrogens with one attached hydrogen (secondary N) is 1. The predicted octanol–water partition coefficient (Wildman–Crippen LogP) is 3.13. The number of likely N-dealkylation sites (N-methyl/N-ethyl adjacent to an activating group) is 1. The average Bonchev–Trinajstić information content (AvgIpc) is 3.24. The Hall–Kier alpha value is -3.23. The number of hydrogen-bond donors (Lipinski definition) is 2. The Kier molecular flexibility index (Phi) is 5.04. The molecule has 2 aromatic heterocycles. The first-order valence-electron chi connectivity index (χ1n) is 9.88. The molecule has 2 amide bonds. The molecule has 1 fully saturated rings. The van der Waals surface area contributed by atoms with Crippen LogP contribution < -0.4 is 15.1 Å². The smallest absolute Gasteiger partial charge is 0.409 e. The van der Waals surface area contributed by atoms with Crippen molar-refractivity contribution in [2.24, 2.45) is 0 Å². The van der Waals surface area contributed by atoms with E-state index in [-0.39, 0.29) is 18.0 Å². The van der Waals surface area contributed by atoms with Gasteiger partial charge in [-0.3, -0.25) is 15.1 Å². The van der Waals surface area contributed by atoms with Gasteiger partial charge in [0, 0.05) is 24.8 Å². The maximum absolute atomic E-state index is 13.0. The molecule has 3 heterocycles. The number of fused-ring (bicyclic) bond motifs is 1. The molecule has 4 rings (SSSR count). The third-order valence-electron chi connectivity index (χ3n) is 5.72. The van der Waals surface area contributed by atoms with Crippen molar-refractivity contribution in [3.05, 3.63) is 24.7 Å². The van der Waals surface area contributed by atoms with E-state index in [1.165, 1.54) is 6.20 Å². The number of rotatable bonds is 4. The van der Waals surface area contributed by atoms with Crippen molar-refractivity contribution in [1.29, 1.82) is 0 Å². The molecule has 9 heteroatoms. The van der Waals surface area contributed by atoms with E-state index in [1.807, 2.05) is 6.92 Å². The molecular formula is C20H24N6O3. The van der Waals surface area contributed by atoms with Crippen molar-refractivity contribution in [1.82, 2.24) is 15.0 Å². The molecule has 1 atom stereocenters. The fourth-order valence-electron chi connectivity index (χ4n) is 4.32. The molecule has 1 aliphatic carbocycles. The summed E-state index contributed by atoms with van der Waals surface area (Å²) in [7, 11) is 1.75. The molecule has 1 saturated carbocycles. The number of carbonyl (C=O) groups excluding carboxylic acids is 1. The highest BCUT2D eigenvalue weighted by molar-refractivity contribution is 6.04. The number of aromatic nitrogens is 3. The molecule has 0 aromatic carbocycles. The summed E-state index contributed by atoms with van der Waals surface area (Å²) in [5.41, 5.74) is 1.54. The van der Waals surface area contributed by atoms with Crippen LogP contribution in [-0.2, 0) is 4.79 Å². The van der Waals surface area contributed by atoms with Crippen molar-refractivity contribution in [3.63, 3.8) is 0 Å². The van der Waals surface area contributed by atoms with E-state index in [0.717, 1.165) is 31.5 Å². The SMILES string of the molecule is CC[C@@H]1C(=O)N(C)c2cnc(-c3ccncc3NC(=O)O)nc2N1C1CCCC1. The summed E-state index contributed by atoms with van der Waals surface area (Å²) in [5.74, 6) is 1.19. The van der Waals surface area contributed by atoms with Crippen molar-refractivity contribution in [3.8, 4) is 11.4 Å². The molecular weight excluding hydrogens is 372 g/mol. The molecule has 2 aromatic rings. The average molecular weight is 396 g/mol. The number of pyridine rings is 1. The van der Waals surface area contributed by atoms with E-state index in [9.17, 15) is 9.59 Å². The zero-order chi connectivity index (χ0) is 20.5. The Bertz CT molecular complexity index is 944. The molecule has 9 nitrogen and oxygen atoms in total. The van der Waals surface area contributed by atoms with Gasteiger partial charge in [0.15, 0.2) is 11.6 Å². The van der Waals surface area contributed by atoms with Crippen LogP contribution >= 0.6 is 0 Å². The van der Waals surface area contributed by atoms with E-state index in [1.54, 1.807) is 30.4 Å². The highest BCUT2D eigenvalue weighted by Gasteiger charge is 2.41. The monoisotopic (exact) mass is 396 g/mol. The topological polar surface area (TPSA) is 112 Å². The second kappa shape index (κ2) is 7.65. The second-order valence-electron chi connectivity index (χ2n) is 7.42. The number of carboxylic acid groups (broad SMARTS) is 1. The highest BCUT2D eigenvalue weighted by Crippen LogP contribution is 2.40. The van der Waals surface area contributed by atoms with Crippen molar-refractivity contribution >= 4 is 29.2 Å². The summed E-state index contributed by atoms with van der Waals surface area (Å²) in [6, 6.07) is 1.70. The first-order chi connectivity index (χ1) is 14.0. The summed E-state index contributed by atoms with van der Waals surface area (Å²) < 4.78 is 0. The van der Waals surface area contributed by atoms with Crippen molar-refractivity contribution in [2.45, 2.75) is 51.1 Å². The zero-order valence-electron chi connectivity index (χ0n) is 16.5. The second-order valence-corrected chi connectivity index (χ2v) is 7.42. The molecule has 2 aliphatic rings. The third-order valence-corrected chi connectivity index (χ3v) is 5.72. The minimum absolute atomic E-state index is 0.0559. The van der Waals surface area contributed by atoms with Gasteiger partial charge in [0.05, 0.1) is 18.1 Å². The molecule has 0 spiro atoms.